The molecule has 1 heterocycles. The predicted molar refractivity (Wildman–Crippen MR) is 78.6 cm³/mol. The molecule has 4 nitrogen and oxygen atoms in total. The van der Waals surface area contributed by atoms with E-state index in [1.165, 1.54) is 23.5 Å². The summed E-state index contributed by atoms with van der Waals surface area (Å²) in [7, 11) is 0. The lowest BCUT2D eigenvalue weighted by molar-refractivity contribution is 0.452. The number of rotatable bonds is 5. The van der Waals surface area contributed by atoms with E-state index < -0.39 is 0 Å². The molecule has 3 N–H and O–H groups in total. The Labute approximate surface area is 116 Å². The third-order valence-corrected chi connectivity index (χ3v) is 3.35. The number of hydrogen-bond acceptors (Lipinski definition) is 5. The number of allylic oxidation sites excluding steroid dienone is 1. The van der Waals surface area contributed by atoms with Gasteiger partial charge in [0.25, 0.3) is 0 Å². The molecule has 0 amide bonds. The van der Waals surface area contributed by atoms with Gasteiger partial charge in [0.15, 0.2) is 5.13 Å². The minimum Gasteiger partial charge on any atom is -0.508 e. The first-order valence-corrected chi connectivity index (χ1v) is 6.90. The highest BCUT2D eigenvalue weighted by molar-refractivity contribution is 7.14. The first-order chi connectivity index (χ1) is 9.10. The molecule has 1 aromatic heterocycles. The SMILES string of the molecule is C=C(CCC)Nc1nc(-c2ccc(O)cc2O)cs1. The second-order valence-corrected chi connectivity index (χ2v) is 5.08. The quantitative estimate of drug-likeness (QED) is 0.773. The Balaban J connectivity index is 2.18. The number of phenolic OH excluding ortho intramolecular Hbond substituents is 2. The molecule has 5 heteroatoms. The number of thiazole rings is 1. The van der Waals surface area contributed by atoms with E-state index >= 15 is 0 Å². The van der Waals surface area contributed by atoms with Crippen molar-refractivity contribution in [3.05, 3.63) is 35.9 Å². The number of aromatic nitrogens is 1. The van der Waals surface area contributed by atoms with Gasteiger partial charge >= 0.3 is 0 Å². The minimum absolute atomic E-state index is 0.0178. The number of phenols is 2. The molecule has 0 atom stereocenters. The Morgan fingerprint density at radius 3 is 2.89 bits per heavy atom. The summed E-state index contributed by atoms with van der Waals surface area (Å²) in [5.74, 6) is 0.0513. The summed E-state index contributed by atoms with van der Waals surface area (Å²) in [6, 6.07) is 4.47. The van der Waals surface area contributed by atoms with Crippen LogP contribution in [-0.2, 0) is 0 Å². The largest absolute Gasteiger partial charge is 0.508 e. The molecule has 0 unspecified atom stereocenters. The van der Waals surface area contributed by atoms with E-state index in [0.717, 1.165) is 23.7 Å². The van der Waals surface area contributed by atoms with Crippen molar-refractivity contribution < 1.29 is 10.2 Å². The standard InChI is InChI=1S/C14H16N2O2S/c1-3-4-9(2)15-14-16-12(8-19-14)11-6-5-10(17)7-13(11)18/h5-8,17-18H,2-4H2,1H3,(H,15,16). The fourth-order valence-electron chi connectivity index (χ4n) is 1.71. The first-order valence-electron chi connectivity index (χ1n) is 6.03. The van der Waals surface area contributed by atoms with Crippen molar-refractivity contribution in [3.8, 4) is 22.8 Å². The molecule has 1 aromatic carbocycles. The Bertz CT molecular complexity index is 593. The van der Waals surface area contributed by atoms with Crippen LogP contribution in [0.3, 0.4) is 0 Å². The molecule has 0 saturated heterocycles. The van der Waals surface area contributed by atoms with Crippen molar-refractivity contribution in [1.29, 1.82) is 0 Å². The number of hydrogen-bond donors (Lipinski definition) is 3. The predicted octanol–water partition coefficient (Wildman–Crippen LogP) is 3.95. The summed E-state index contributed by atoms with van der Waals surface area (Å²) in [4.78, 5) is 4.40. The molecule has 100 valence electrons. The molecule has 0 fully saturated rings. The highest BCUT2D eigenvalue weighted by Crippen LogP contribution is 2.34. The molecule has 0 aliphatic heterocycles. The number of anilines is 1. The van der Waals surface area contributed by atoms with Crippen molar-refractivity contribution in [2.75, 3.05) is 5.32 Å². The monoisotopic (exact) mass is 276 g/mol. The van der Waals surface area contributed by atoms with Gasteiger partial charge in [-0.15, -0.1) is 11.3 Å². The molecule has 0 aliphatic rings. The summed E-state index contributed by atoms with van der Waals surface area (Å²) in [5.41, 5.74) is 2.20. The van der Waals surface area contributed by atoms with Crippen LogP contribution in [0.1, 0.15) is 19.8 Å². The van der Waals surface area contributed by atoms with Crippen molar-refractivity contribution in [3.63, 3.8) is 0 Å². The van der Waals surface area contributed by atoms with E-state index in [4.69, 9.17) is 0 Å². The summed E-state index contributed by atoms with van der Waals surface area (Å²) in [6.45, 7) is 6.02. The van der Waals surface area contributed by atoms with E-state index in [1.54, 1.807) is 6.07 Å². The van der Waals surface area contributed by atoms with Gasteiger partial charge in [-0.2, -0.15) is 0 Å². The van der Waals surface area contributed by atoms with Gasteiger partial charge in [-0.05, 0) is 18.6 Å². The van der Waals surface area contributed by atoms with Gasteiger partial charge in [0.2, 0.25) is 0 Å². The number of nitrogens with one attached hydrogen (secondary N) is 1. The maximum absolute atomic E-state index is 9.79. The summed E-state index contributed by atoms with van der Waals surface area (Å²) in [6.07, 6.45) is 1.93. The average molecular weight is 276 g/mol. The van der Waals surface area contributed by atoms with Gasteiger partial charge in [0.05, 0.1) is 5.69 Å². The van der Waals surface area contributed by atoms with Gasteiger partial charge in [-0.3, -0.25) is 0 Å². The van der Waals surface area contributed by atoms with Crippen LogP contribution in [0.25, 0.3) is 11.3 Å². The molecule has 0 aliphatic carbocycles. The van der Waals surface area contributed by atoms with Crippen molar-refractivity contribution in [1.82, 2.24) is 4.98 Å². The maximum Gasteiger partial charge on any atom is 0.187 e. The van der Waals surface area contributed by atoms with Crippen LogP contribution in [-0.4, -0.2) is 15.2 Å². The van der Waals surface area contributed by atoms with Crippen molar-refractivity contribution >= 4 is 16.5 Å². The molecular weight excluding hydrogens is 260 g/mol. The third kappa shape index (κ3) is 3.26. The van der Waals surface area contributed by atoms with E-state index in [1.807, 2.05) is 5.38 Å². The molecule has 0 bridgehead atoms. The Hall–Kier alpha value is -2.01. The Kier molecular flexibility index (Phi) is 4.06. The van der Waals surface area contributed by atoms with Gasteiger partial charge in [-0.1, -0.05) is 19.9 Å². The number of aromatic hydroxyl groups is 2. The topological polar surface area (TPSA) is 65.4 Å². The highest BCUT2D eigenvalue weighted by atomic mass is 32.1. The number of nitrogens with zero attached hydrogens (tertiary/aromatic N) is 1. The highest BCUT2D eigenvalue weighted by Gasteiger charge is 2.09. The fraction of sp³-hybridized carbons (Fsp3) is 0.214. The summed E-state index contributed by atoms with van der Waals surface area (Å²) >= 11 is 1.45. The zero-order valence-corrected chi connectivity index (χ0v) is 11.5. The van der Waals surface area contributed by atoms with E-state index in [9.17, 15) is 10.2 Å². The lowest BCUT2D eigenvalue weighted by Gasteiger charge is -2.04. The zero-order chi connectivity index (χ0) is 13.8. The van der Waals surface area contributed by atoms with Crippen LogP contribution >= 0.6 is 11.3 Å². The second-order valence-electron chi connectivity index (χ2n) is 4.22. The smallest absolute Gasteiger partial charge is 0.187 e. The fourth-order valence-corrected chi connectivity index (χ4v) is 2.46. The maximum atomic E-state index is 9.79. The molecule has 2 aromatic rings. The molecule has 2 rings (SSSR count). The van der Waals surface area contributed by atoms with E-state index in [-0.39, 0.29) is 11.5 Å². The van der Waals surface area contributed by atoms with Gasteiger partial charge < -0.3 is 15.5 Å². The summed E-state index contributed by atoms with van der Waals surface area (Å²) < 4.78 is 0. The molecule has 0 radical (unpaired) electrons. The second kappa shape index (κ2) is 5.75. The lowest BCUT2D eigenvalue weighted by atomic mass is 10.1. The van der Waals surface area contributed by atoms with Crippen LogP contribution in [0.4, 0.5) is 5.13 Å². The zero-order valence-electron chi connectivity index (χ0n) is 10.7. The Morgan fingerprint density at radius 1 is 1.42 bits per heavy atom. The third-order valence-electron chi connectivity index (χ3n) is 2.60. The number of benzene rings is 1. The van der Waals surface area contributed by atoms with E-state index in [2.05, 4.69) is 23.8 Å². The van der Waals surface area contributed by atoms with Crippen molar-refractivity contribution in [2.24, 2.45) is 0 Å². The normalized spacial score (nSPS) is 10.4. The molecule has 0 saturated carbocycles. The first kappa shape index (κ1) is 13.4. The van der Waals surface area contributed by atoms with Crippen LogP contribution < -0.4 is 5.32 Å². The molecular formula is C14H16N2O2S. The van der Waals surface area contributed by atoms with Gasteiger partial charge in [-0.25, -0.2) is 4.98 Å². The van der Waals surface area contributed by atoms with Crippen molar-refractivity contribution in [2.45, 2.75) is 19.8 Å². The molecule has 19 heavy (non-hydrogen) atoms. The van der Waals surface area contributed by atoms with Gasteiger partial charge in [0, 0.05) is 22.7 Å². The van der Waals surface area contributed by atoms with Crippen LogP contribution in [0.5, 0.6) is 11.5 Å². The van der Waals surface area contributed by atoms with Crippen LogP contribution in [0.2, 0.25) is 0 Å². The Morgan fingerprint density at radius 2 is 2.21 bits per heavy atom. The molecule has 0 spiro atoms. The van der Waals surface area contributed by atoms with Gasteiger partial charge in [0.1, 0.15) is 11.5 Å². The minimum atomic E-state index is 0.0178. The van der Waals surface area contributed by atoms with Crippen LogP contribution in [0.15, 0.2) is 35.9 Å². The lowest BCUT2D eigenvalue weighted by Crippen LogP contribution is -1.96. The van der Waals surface area contributed by atoms with E-state index in [0.29, 0.717) is 11.3 Å². The van der Waals surface area contributed by atoms with Crippen LogP contribution in [0, 0.1) is 0 Å². The summed E-state index contributed by atoms with van der Waals surface area (Å²) in [5, 5.41) is 24.8. The average Bonchev–Trinajstić information content (AvgIpc) is 2.77.